The van der Waals surface area contributed by atoms with Gasteiger partial charge in [-0.1, -0.05) is 13.8 Å². The third kappa shape index (κ3) is 3.12. The van der Waals surface area contributed by atoms with Crippen LogP contribution in [0.1, 0.15) is 33.1 Å². The Kier molecular flexibility index (Phi) is 4.10. The highest BCUT2D eigenvalue weighted by Crippen LogP contribution is 2.02. The molecule has 0 spiro atoms. The molecule has 1 aliphatic rings. The van der Waals surface area contributed by atoms with Crippen molar-refractivity contribution >= 4 is 5.91 Å². The van der Waals surface area contributed by atoms with Crippen LogP contribution in [0.25, 0.3) is 0 Å². The Morgan fingerprint density at radius 1 is 1.22 bits per heavy atom. The van der Waals surface area contributed by atoms with Gasteiger partial charge in [-0.2, -0.15) is 0 Å². The lowest BCUT2D eigenvalue weighted by Crippen LogP contribution is -2.21. The molecule has 1 N–H and O–H groups in total. The normalized spacial score (nSPS) is 19.3. The maximum absolute atomic E-state index is 10.6. The molecule has 0 aliphatic carbocycles. The minimum absolute atomic E-state index is 0. The fourth-order valence-corrected chi connectivity index (χ4v) is 0.904. The zero-order valence-corrected chi connectivity index (χ0v) is 4.94. The van der Waals surface area contributed by atoms with Gasteiger partial charge in [-0.3, -0.25) is 4.79 Å². The van der Waals surface area contributed by atoms with E-state index in [-0.39, 0.29) is 13.3 Å². The first-order valence-electron chi connectivity index (χ1n) is 3.16. The maximum atomic E-state index is 10.6. The van der Waals surface area contributed by atoms with E-state index in [1.54, 1.807) is 0 Å². The quantitative estimate of drug-likeness (QED) is 0.525. The van der Waals surface area contributed by atoms with Gasteiger partial charge in [-0.15, -0.1) is 0 Å². The highest BCUT2D eigenvalue weighted by molar-refractivity contribution is 5.75. The van der Waals surface area contributed by atoms with Crippen molar-refractivity contribution < 1.29 is 4.79 Å². The first-order valence-corrected chi connectivity index (χ1v) is 3.16. The van der Waals surface area contributed by atoms with Crippen molar-refractivity contribution in [2.24, 2.45) is 0 Å². The zero-order chi connectivity index (χ0) is 5.82. The number of nitrogens with one attached hydrogen (secondary N) is 1. The Labute approximate surface area is 56.6 Å². The van der Waals surface area contributed by atoms with Crippen molar-refractivity contribution in [1.29, 1.82) is 0 Å². The van der Waals surface area contributed by atoms with Crippen LogP contribution in [0.15, 0.2) is 0 Å². The van der Waals surface area contributed by atoms with Crippen molar-refractivity contribution in [2.75, 3.05) is 6.54 Å². The Hall–Kier alpha value is -0.530. The largest absolute Gasteiger partial charge is 0.356 e. The predicted molar refractivity (Wildman–Crippen MR) is 38.2 cm³/mol. The van der Waals surface area contributed by atoms with Gasteiger partial charge in [0.15, 0.2) is 0 Å². The molecule has 0 unspecified atom stereocenters. The molecular weight excluding hydrogens is 114 g/mol. The molecule has 1 saturated heterocycles. The van der Waals surface area contributed by atoms with Crippen molar-refractivity contribution in [2.45, 2.75) is 33.1 Å². The molecule has 0 radical (unpaired) electrons. The number of hydrogen-bond acceptors (Lipinski definition) is 1. The van der Waals surface area contributed by atoms with Gasteiger partial charge in [0.25, 0.3) is 0 Å². The van der Waals surface area contributed by atoms with E-state index in [0.29, 0.717) is 0 Å². The van der Waals surface area contributed by atoms with Crippen molar-refractivity contribution in [3.05, 3.63) is 0 Å². The van der Waals surface area contributed by atoms with Gasteiger partial charge in [0.1, 0.15) is 0 Å². The second-order valence-corrected chi connectivity index (χ2v) is 2.16. The van der Waals surface area contributed by atoms with Crippen LogP contribution in [0.3, 0.4) is 0 Å². The summed E-state index contributed by atoms with van der Waals surface area (Å²) in [4.78, 5) is 10.6. The molecule has 0 atom stereocenters. The van der Waals surface area contributed by atoms with E-state index in [2.05, 4.69) is 5.32 Å². The highest BCUT2D eigenvalue weighted by Gasteiger charge is 2.03. The second-order valence-electron chi connectivity index (χ2n) is 2.16. The lowest BCUT2D eigenvalue weighted by molar-refractivity contribution is -0.120. The van der Waals surface area contributed by atoms with E-state index < -0.39 is 0 Å². The maximum Gasteiger partial charge on any atom is 0.219 e. The number of carbonyl (C=O) groups is 1. The van der Waals surface area contributed by atoms with Gasteiger partial charge in [-0.25, -0.2) is 0 Å². The van der Waals surface area contributed by atoms with Gasteiger partial charge >= 0.3 is 0 Å². The third-order valence-corrected chi connectivity index (χ3v) is 1.40. The Morgan fingerprint density at radius 2 is 2.00 bits per heavy atom. The first kappa shape index (κ1) is 8.47. The second kappa shape index (κ2) is 4.36. The highest BCUT2D eigenvalue weighted by atomic mass is 16.1. The predicted octanol–water partition coefficient (Wildman–Crippen LogP) is 1.31. The lowest BCUT2D eigenvalue weighted by Gasteiger charge is -1.93. The van der Waals surface area contributed by atoms with Crippen LogP contribution >= 0.6 is 0 Å². The molecule has 2 nitrogen and oxygen atoms in total. The number of rotatable bonds is 0. The lowest BCUT2D eigenvalue weighted by atomic mass is 10.2. The minimum atomic E-state index is 0. The fraction of sp³-hybridized carbons (Fsp3) is 0.857. The summed E-state index contributed by atoms with van der Waals surface area (Å²) in [5.41, 5.74) is 0. The topological polar surface area (TPSA) is 29.1 Å². The smallest absolute Gasteiger partial charge is 0.219 e. The first-order chi connectivity index (χ1) is 3.89. The van der Waals surface area contributed by atoms with Crippen LogP contribution in [0, 0.1) is 0 Å². The van der Waals surface area contributed by atoms with Crippen LogP contribution in [0.4, 0.5) is 0 Å². The van der Waals surface area contributed by atoms with Gasteiger partial charge in [0.05, 0.1) is 0 Å². The molecule has 0 aromatic carbocycles. The molecule has 1 heterocycles. The molecule has 54 valence electrons. The fourth-order valence-electron chi connectivity index (χ4n) is 0.904. The van der Waals surface area contributed by atoms with E-state index in [4.69, 9.17) is 0 Å². The molecular formula is C7H15NO. The summed E-state index contributed by atoms with van der Waals surface area (Å²) in [5, 5.41) is 2.81. The monoisotopic (exact) mass is 129 g/mol. The van der Waals surface area contributed by atoms with Crippen molar-refractivity contribution in [3.63, 3.8) is 0 Å². The summed E-state index contributed by atoms with van der Waals surface area (Å²) in [5.74, 6) is 0.225. The van der Waals surface area contributed by atoms with Gasteiger partial charge in [0.2, 0.25) is 5.91 Å². The minimum Gasteiger partial charge on any atom is -0.356 e. The third-order valence-electron chi connectivity index (χ3n) is 1.40. The van der Waals surface area contributed by atoms with Gasteiger partial charge < -0.3 is 5.32 Å². The van der Waals surface area contributed by atoms with Crippen LogP contribution in [-0.2, 0) is 4.79 Å². The average molecular weight is 129 g/mol. The molecule has 0 saturated carbocycles. The molecule has 2 heteroatoms. The summed E-state index contributed by atoms with van der Waals surface area (Å²) >= 11 is 0. The SMILES string of the molecule is C.O=C1CCCCCN1. The van der Waals surface area contributed by atoms with Crippen LogP contribution in [0.5, 0.6) is 0 Å². The Bertz CT molecular complexity index is 80.9. The van der Waals surface area contributed by atoms with Gasteiger partial charge in [-0.05, 0) is 12.8 Å². The summed E-state index contributed by atoms with van der Waals surface area (Å²) in [7, 11) is 0. The van der Waals surface area contributed by atoms with E-state index in [1.165, 1.54) is 6.42 Å². The molecule has 9 heavy (non-hydrogen) atoms. The summed E-state index contributed by atoms with van der Waals surface area (Å²) in [6.45, 7) is 0.888. The van der Waals surface area contributed by atoms with Crippen LogP contribution in [0.2, 0.25) is 0 Å². The molecule has 1 aliphatic heterocycles. The molecule has 1 fully saturated rings. The van der Waals surface area contributed by atoms with E-state index >= 15 is 0 Å². The van der Waals surface area contributed by atoms with Crippen LogP contribution < -0.4 is 5.32 Å². The number of carbonyl (C=O) groups excluding carboxylic acids is 1. The zero-order valence-electron chi connectivity index (χ0n) is 4.94. The summed E-state index contributed by atoms with van der Waals surface area (Å²) in [6, 6.07) is 0. The molecule has 0 aromatic rings. The summed E-state index contributed by atoms with van der Waals surface area (Å²) in [6.07, 6.45) is 4.18. The average Bonchev–Trinajstić information content (AvgIpc) is 1.94. The molecule has 0 bridgehead atoms. The van der Waals surface area contributed by atoms with E-state index in [1.807, 2.05) is 0 Å². The van der Waals surface area contributed by atoms with Gasteiger partial charge in [0, 0.05) is 13.0 Å². The van der Waals surface area contributed by atoms with Crippen molar-refractivity contribution in [1.82, 2.24) is 5.32 Å². The Morgan fingerprint density at radius 3 is 2.78 bits per heavy atom. The van der Waals surface area contributed by atoms with E-state index in [9.17, 15) is 4.79 Å². The molecule has 1 amide bonds. The van der Waals surface area contributed by atoms with Crippen LogP contribution in [-0.4, -0.2) is 12.5 Å². The summed E-state index contributed by atoms with van der Waals surface area (Å²) < 4.78 is 0. The van der Waals surface area contributed by atoms with E-state index in [0.717, 1.165) is 25.8 Å². The number of hydrogen-bond donors (Lipinski definition) is 1. The molecule has 0 aromatic heterocycles. The molecule has 1 rings (SSSR count). The number of amides is 1. The van der Waals surface area contributed by atoms with Crippen molar-refractivity contribution in [3.8, 4) is 0 Å². The Balaban J connectivity index is 0.000000640. The standard InChI is InChI=1S/C6H11NO.CH4/c8-6-4-2-1-3-5-7-6;/h1-5H2,(H,7,8);1H4.